The lowest BCUT2D eigenvalue weighted by atomic mass is 9.88. The number of aldehydes is 1. The van der Waals surface area contributed by atoms with Crippen molar-refractivity contribution in [1.82, 2.24) is 9.80 Å². The highest BCUT2D eigenvalue weighted by Crippen LogP contribution is 2.20. The molecule has 1 unspecified atom stereocenters. The Morgan fingerprint density at radius 2 is 1.69 bits per heavy atom. The van der Waals surface area contributed by atoms with Crippen LogP contribution in [0.1, 0.15) is 33.6 Å². The summed E-state index contributed by atoms with van der Waals surface area (Å²) in [4.78, 5) is 16.0. The van der Waals surface area contributed by atoms with Crippen LogP contribution in [0.25, 0.3) is 0 Å². The van der Waals surface area contributed by atoms with Crippen molar-refractivity contribution in [3.8, 4) is 0 Å². The van der Waals surface area contributed by atoms with Crippen LogP contribution in [0.5, 0.6) is 0 Å². The number of hydrogen-bond acceptors (Lipinski definition) is 3. The van der Waals surface area contributed by atoms with E-state index in [-0.39, 0.29) is 5.41 Å². The van der Waals surface area contributed by atoms with Crippen molar-refractivity contribution in [2.45, 2.75) is 33.6 Å². The van der Waals surface area contributed by atoms with Crippen molar-refractivity contribution in [3.05, 3.63) is 0 Å². The number of piperazine rings is 1. The monoisotopic (exact) mass is 226 g/mol. The lowest BCUT2D eigenvalue weighted by molar-refractivity contribution is -0.116. The summed E-state index contributed by atoms with van der Waals surface area (Å²) in [6, 6.07) is 0. The molecule has 0 radical (unpaired) electrons. The minimum Gasteiger partial charge on any atom is -0.303 e. The zero-order valence-electron chi connectivity index (χ0n) is 11.0. The van der Waals surface area contributed by atoms with Gasteiger partial charge in [0.05, 0.1) is 0 Å². The highest BCUT2D eigenvalue weighted by atomic mass is 16.1. The van der Waals surface area contributed by atoms with Crippen molar-refractivity contribution < 1.29 is 4.79 Å². The summed E-state index contributed by atoms with van der Waals surface area (Å²) in [5, 5.41) is 0. The summed E-state index contributed by atoms with van der Waals surface area (Å²) in [6.45, 7) is 13.1. The van der Waals surface area contributed by atoms with Gasteiger partial charge in [0, 0.05) is 38.1 Å². The van der Waals surface area contributed by atoms with Gasteiger partial charge in [-0.25, -0.2) is 0 Å². The van der Waals surface area contributed by atoms with Crippen molar-refractivity contribution >= 4 is 6.29 Å². The van der Waals surface area contributed by atoms with Gasteiger partial charge in [-0.05, 0) is 19.4 Å². The Balaban J connectivity index is 2.34. The third-order valence-electron chi connectivity index (χ3n) is 3.68. The van der Waals surface area contributed by atoms with E-state index in [9.17, 15) is 4.79 Å². The van der Waals surface area contributed by atoms with Gasteiger partial charge in [-0.15, -0.1) is 0 Å². The molecule has 16 heavy (non-hydrogen) atoms. The molecule has 0 N–H and O–H groups in total. The van der Waals surface area contributed by atoms with Gasteiger partial charge in [-0.3, -0.25) is 4.90 Å². The van der Waals surface area contributed by atoms with E-state index in [1.165, 1.54) is 13.0 Å². The second kappa shape index (κ2) is 6.36. The summed E-state index contributed by atoms with van der Waals surface area (Å²) in [7, 11) is 0. The van der Waals surface area contributed by atoms with Gasteiger partial charge in [0.15, 0.2) is 0 Å². The molecule has 3 heteroatoms. The first-order valence-electron chi connectivity index (χ1n) is 6.54. The summed E-state index contributed by atoms with van der Waals surface area (Å²) in [5.41, 5.74) is -0.146. The Labute approximate surface area is 99.8 Å². The Bertz CT molecular complexity index is 212. The number of carbonyl (C=O) groups is 1. The molecule has 1 fully saturated rings. The maximum absolute atomic E-state index is 11.1. The van der Waals surface area contributed by atoms with Crippen LogP contribution in [0.15, 0.2) is 0 Å². The molecule has 0 bridgehead atoms. The van der Waals surface area contributed by atoms with Gasteiger partial charge in [-0.2, -0.15) is 0 Å². The lowest BCUT2D eigenvalue weighted by Gasteiger charge is -2.38. The maximum atomic E-state index is 11.1. The van der Waals surface area contributed by atoms with Crippen molar-refractivity contribution in [2.75, 3.05) is 39.3 Å². The van der Waals surface area contributed by atoms with Crippen LogP contribution < -0.4 is 0 Å². The van der Waals surface area contributed by atoms with E-state index < -0.39 is 0 Å². The highest BCUT2D eigenvalue weighted by Gasteiger charge is 2.26. The first-order valence-corrected chi connectivity index (χ1v) is 6.54. The lowest BCUT2D eigenvalue weighted by Crippen LogP contribution is -2.49. The fraction of sp³-hybridized carbons (Fsp3) is 0.923. The van der Waals surface area contributed by atoms with E-state index in [0.717, 1.165) is 45.4 Å². The van der Waals surface area contributed by atoms with Crippen LogP contribution in [-0.2, 0) is 4.79 Å². The normalized spacial score (nSPS) is 22.9. The molecular weight excluding hydrogens is 200 g/mol. The number of nitrogens with zero attached hydrogens (tertiary/aromatic N) is 2. The predicted octanol–water partition coefficient (Wildman–Crippen LogP) is 1.63. The van der Waals surface area contributed by atoms with Crippen LogP contribution in [0.2, 0.25) is 0 Å². The summed E-state index contributed by atoms with van der Waals surface area (Å²) < 4.78 is 0. The van der Waals surface area contributed by atoms with E-state index in [4.69, 9.17) is 0 Å². The number of carbonyl (C=O) groups excluding carboxylic acids is 1. The quantitative estimate of drug-likeness (QED) is 0.643. The molecule has 1 rings (SSSR count). The zero-order chi connectivity index (χ0) is 12.0. The molecule has 1 aliphatic heterocycles. The largest absolute Gasteiger partial charge is 0.303 e. The number of rotatable bonds is 6. The average Bonchev–Trinajstić information content (AvgIpc) is 2.32. The molecular formula is C13H26N2O. The molecule has 0 aromatic carbocycles. The third kappa shape index (κ3) is 3.87. The minimum absolute atomic E-state index is 0.146. The molecule has 0 amide bonds. The van der Waals surface area contributed by atoms with Gasteiger partial charge in [-0.1, -0.05) is 20.8 Å². The molecule has 0 saturated carbocycles. The van der Waals surface area contributed by atoms with Crippen LogP contribution in [-0.4, -0.2) is 55.4 Å². The maximum Gasteiger partial charge on any atom is 0.127 e. The summed E-state index contributed by atoms with van der Waals surface area (Å²) in [6.07, 6.45) is 3.30. The molecule has 0 aliphatic carbocycles. The van der Waals surface area contributed by atoms with Crippen LogP contribution in [0.3, 0.4) is 0 Å². The second-order valence-corrected chi connectivity index (χ2v) is 5.24. The van der Waals surface area contributed by atoms with Crippen molar-refractivity contribution in [3.63, 3.8) is 0 Å². The van der Waals surface area contributed by atoms with Gasteiger partial charge in [0.2, 0.25) is 0 Å². The van der Waals surface area contributed by atoms with Gasteiger partial charge in [0.1, 0.15) is 6.29 Å². The van der Waals surface area contributed by atoms with Gasteiger partial charge in [0.25, 0.3) is 0 Å². The summed E-state index contributed by atoms with van der Waals surface area (Å²) >= 11 is 0. The van der Waals surface area contributed by atoms with Crippen molar-refractivity contribution in [2.24, 2.45) is 5.41 Å². The Kier molecular flexibility index (Phi) is 5.42. The molecule has 0 aromatic heterocycles. The Morgan fingerprint density at radius 1 is 1.12 bits per heavy atom. The zero-order valence-corrected chi connectivity index (χ0v) is 11.0. The fourth-order valence-corrected chi connectivity index (χ4v) is 2.23. The molecule has 1 saturated heterocycles. The third-order valence-corrected chi connectivity index (χ3v) is 3.68. The van der Waals surface area contributed by atoms with Crippen LogP contribution in [0, 0.1) is 5.41 Å². The van der Waals surface area contributed by atoms with Crippen LogP contribution in [0.4, 0.5) is 0 Å². The van der Waals surface area contributed by atoms with E-state index >= 15 is 0 Å². The summed E-state index contributed by atoms with van der Waals surface area (Å²) in [5.74, 6) is 0. The van der Waals surface area contributed by atoms with Gasteiger partial charge < -0.3 is 9.69 Å². The molecule has 1 atom stereocenters. The fourth-order valence-electron chi connectivity index (χ4n) is 2.23. The van der Waals surface area contributed by atoms with Crippen molar-refractivity contribution in [1.29, 1.82) is 0 Å². The predicted molar refractivity (Wildman–Crippen MR) is 67.6 cm³/mol. The average molecular weight is 226 g/mol. The smallest absolute Gasteiger partial charge is 0.127 e. The molecule has 0 aromatic rings. The van der Waals surface area contributed by atoms with Crippen LogP contribution >= 0.6 is 0 Å². The van der Waals surface area contributed by atoms with E-state index in [0.29, 0.717) is 0 Å². The van der Waals surface area contributed by atoms with E-state index in [1.54, 1.807) is 0 Å². The van der Waals surface area contributed by atoms with E-state index in [1.807, 2.05) is 0 Å². The SMILES string of the molecule is CCCN1CCN(CC(C)(C=O)CC)CC1. The molecule has 94 valence electrons. The number of hydrogen-bond donors (Lipinski definition) is 0. The minimum atomic E-state index is -0.146. The first-order chi connectivity index (χ1) is 7.63. The first kappa shape index (κ1) is 13.7. The molecule has 0 spiro atoms. The Hall–Kier alpha value is -0.410. The molecule has 3 nitrogen and oxygen atoms in total. The Morgan fingerprint density at radius 3 is 2.12 bits per heavy atom. The standard InChI is InChI=1S/C13H26N2O/c1-4-6-14-7-9-15(10-8-14)11-13(3,5-2)12-16/h12H,4-11H2,1-3H3. The van der Waals surface area contributed by atoms with E-state index in [2.05, 4.69) is 30.6 Å². The topological polar surface area (TPSA) is 23.6 Å². The molecule has 1 heterocycles. The van der Waals surface area contributed by atoms with Gasteiger partial charge >= 0.3 is 0 Å². The second-order valence-electron chi connectivity index (χ2n) is 5.24. The molecule has 1 aliphatic rings. The highest BCUT2D eigenvalue weighted by molar-refractivity contribution is 5.58.